The molecule has 0 aliphatic rings. The zero-order valence-electron chi connectivity index (χ0n) is 3.97. The minimum absolute atomic E-state index is 0. The van der Waals surface area contributed by atoms with Crippen LogP contribution in [0.4, 0.5) is 0 Å². The minimum Gasteiger partial charge on any atom is -2.00 e. The van der Waals surface area contributed by atoms with Crippen LogP contribution < -0.4 is 0 Å². The molecule has 0 spiro atoms. The summed E-state index contributed by atoms with van der Waals surface area (Å²) in [7, 11) is 0. The van der Waals surface area contributed by atoms with Crippen LogP contribution in [0.15, 0.2) is 0 Å². The van der Waals surface area contributed by atoms with Gasteiger partial charge in [0.1, 0.15) is 0 Å². The Morgan fingerprint density at radius 3 is 0.444 bits per heavy atom. The Balaban J connectivity index is 0. The van der Waals surface area contributed by atoms with Gasteiger partial charge in [0.15, 0.2) is 0 Å². The van der Waals surface area contributed by atoms with Crippen LogP contribution in [0.5, 0.6) is 0 Å². The van der Waals surface area contributed by atoms with Gasteiger partial charge in [0.2, 0.25) is 0 Å². The van der Waals surface area contributed by atoms with Gasteiger partial charge in [-0.05, 0) is 0 Å². The number of hydrogen-bond donors (Lipinski definition) is 0. The van der Waals surface area contributed by atoms with Gasteiger partial charge in [-0.3, -0.25) is 0 Å². The van der Waals surface area contributed by atoms with E-state index in [2.05, 4.69) is 0 Å². The van der Waals surface area contributed by atoms with E-state index in [1.165, 1.54) is 0 Å². The Kier molecular flexibility index (Phi) is 3460. The Bertz CT molecular complexity index is 13.0. The van der Waals surface area contributed by atoms with Crippen molar-refractivity contribution < 1.29 is 114 Å². The van der Waals surface area contributed by atoms with Crippen molar-refractivity contribution in [2.24, 2.45) is 0 Å². The van der Waals surface area contributed by atoms with Crippen LogP contribution in [0.25, 0.3) is 0 Å². The summed E-state index contributed by atoms with van der Waals surface area (Å²) >= 11 is 0. The molecule has 0 aliphatic heterocycles. The number of rotatable bonds is 0. The van der Waals surface area contributed by atoms with Crippen molar-refractivity contribution in [2.45, 2.75) is 0 Å². The molecule has 0 unspecified atom stereocenters. The van der Waals surface area contributed by atoms with Gasteiger partial charge < -0.3 is 32.9 Å². The first-order valence-electron chi connectivity index (χ1n) is 0. The first-order chi connectivity index (χ1) is 0. The van der Waals surface area contributed by atoms with Gasteiger partial charge in [0.25, 0.3) is 0 Å². The maximum absolute atomic E-state index is 0. The zero-order valence-corrected chi connectivity index (χ0v) is 12.5. The summed E-state index contributed by atoms with van der Waals surface area (Å²) in [6, 6.07) is 0. The third-order valence-electron chi connectivity index (χ3n) is 0. The molecule has 0 aromatic rings. The second-order valence-electron chi connectivity index (χ2n) is 0. The molecule has 0 atom stereocenters. The topological polar surface area (TPSA) is 171 Å². The largest absolute Gasteiger partial charge is 5.00 e. The standard InChI is InChI=1S/6O.Ta.Y.Zr/q6*-2;+5;+3;+4. The van der Waals surface area contributed by atoms with Crippen LogP contribution >= 0.6 is 0 Å². The van der Waals surface area contributed by atoms with Crippen molar-refractivity contribution in [3.63, 3.8) is 0 Å². The Morgan fingerprint density at radius 2 is 0.444 bits per heavy atom. The molecule has 0 fully saturated rings. The molecule has 0 radical (unpaired) electrons. The fraction of sp³-hybridized carbons (Fsp3) is 0. The van der Waals surface area contributed by atoms with Crippen LogP contribution in [0.1, 0.15) is 0 Å². The van der Waals surface area contributed by atoms with Crippen molar-refractivity contribution in [1.29, 1.82) is 0 Å². The van der Waals surface area contributed by atoms with E-state index in [0.717, 1.165) is 0 Å². The van der Waals surface area contributed by atoms with Crippen LogP contribution in [0.2, 0.25) is 0 Å². The van der Waals surface area contributed by atoms with E-state index in [0.29, 0.717) is 0 Å². The minimum atomic E-state index is 0. The predicted octanol–water partition coefficient (Wildman–Crippen LogP) is -0.720. The van der Waals surface area contributed by atoms with Crippen molar-refractivity contribution in [3.8, 4) is 0 Å². The summed E-state index contributed by atoms with van der Waals surface area (Å²) in [6.45, 7) is 0. The second kappa shape index (κ2) is 153. The van der Waals surface area contributed by atoms with Gasteiger partial charge in [0.05, 0.1) is 0 Å². The van der Waals surface area contributed by atoms with Gasteiger partial charge in [-0.1, -0.05) is 0 Å². The molecule has 0 aromatic carbocycles. The van der Waals surface area contributed by atoms with Gasteiger partial charge in [-0.2, -0.15) is 0 Å². The molecule has 0 aliphatic carbocycles. The molecular formula is O6TaYZr. The predicted molar refractivity (Wildman–Crippen MR) is 4.12 cm³/mol. The van der Waals surface area contributed by atoms with E-state index in [1.807, 2.05) is 0 Å². The molecule has 0 saturated carbocycles. The molecule has 0 aromatic heterocycles. The summed E-state index contributed by atoms with van der Waals surface area (Å²) < 4.78 is 0. The maximum Gasteiger partial charge on any atom is 5.00 e. The average Bonchev–Trinajstić information content (AvgIpc) is 0. The summed E-state index contributed by atoms with van der Waals surface area (Å²) in [5, 5.41) is 0. The molecule has 0 heterocycles. The van der Waals surface area contributed by atoms with E-state index in [9.17, 15) is 0 Å². The SMILES string of the molecule is [O-2].[O-2].[O-2].[O-2].[O-2].[O-2].[Ta+5].[Y+3].[Zr+4]. The molecular weight excluding hydrogens is 457 g/mol. The Labute approximate surface area is 113 Å². The second-order valence-corrected chi connectivity index (χ2v) is 0. The normalized spacial score (nSPS) is 0. The van der Waals surface area contributed by atoms with Gasteiger partial charge in [-0.25, -0.2) is 0 Å². The molecule has 6 nitrogen and oxygen atoms in total. The van der Waals surface area contributed by atoms with E-state index < -0.39 is 0 Å². The van der Waals surface area contributed by atoms with Crippen molar-refractivity contribution in [1.82, 2.24) is 0 Å². The summed E-state index contributed by atoms with van der Waals surface area (Å²) in [5.74, 6) is 0. The maximum atomic E-state index is 0. The Morgan fingerprint density at radius 1 is 0.444 bits per heavy atom. The van der Waals surface area contributed by atoms with E-state index >= 15 is 0 Å². The van der Waals surface area contributed by atoms with E-state index in [-0.39, 0.29) is 114 Å². The third-order valence-corrected chi connectivity index (χ3v) is 0. The first-order valence-corrected chi connectivity index (χ1v) is 0. The summed E-state index contributed by atoms with van der Waals surface area (Å²) in [4.78, 5) is 0. The smallest absolute Gasteiger partial charge is 2.00 e. The fourth-order valence-electron chi connectivity index (χ4n) is 0. The fourth-order valence-corrected chi connectivity index (χ4v) is 0. The Hall–Kier alpha value is 2.49. The quantitative estimate of drug-likeness (QED) is 0.448. The molecule has 0 amide bonds. The zero-order chi connectivity index (χ0) is 0. The van der Waals surface area contributed by atoms with E-state index in [1.54, 1.807) is 0 Å². The number of hydrogen-bond acceptors (Lipinski definition) is 0. The van der Waals surface area contributed by atoms with Gasteiger partial charge in [-0.15, -0.1) is 0 Å². The van der Waals surface area contributed by atoms with Crippen LogP contribution in [0.3, 0.4) is 0 Å². The molecule has 0 rings (SSSR count). The van der Waals surface area contributed by atoms with Crippen LogP contribution in [-0.2, 0) is 114 Å². The van der Waals surface area contributed by atoms with Crippen LogP contribution in [0, 0.1) is 0 Å². The molecule has 48 valence electrons. The first kappa shape index (κ1) is 204. The summed E-state index contributed by atoms with van der Waals surface area (Å²) in [6.07, 6.45) is 0. The molecule has 0 bridgehead atoms. The average molecular weight is 457 g/mol. The van der Waals surface area contributed by atoms with Gasteiger partial charge >= 0.3 is 81.3 Å². The molecule has 9 heteroatoms. The monoisotopic (exact) mass is 456 g/mol. The summed E-state index contributed by atoms with van der Waals surface area (Å²) in [5.41, 5.74) is 0. The molecule has 0 saturated heterocycles. The van der Waals surface area contributed by atoms with Crippen molar-refractivity contribution in [3.05, 3.63) is 0 Å². The third kappa shape index (κ3) is 122. The molecule has 9 heavy (non-hydrogen) atoms. The molecule has 0 N–H and O–H groups in total. The van der Waals surface area contributed by atoms with Gasteiger partial charge in [0, 0.05) is 0 Å². The van der Waals surface area contributed by atoms with E-state index in [4.69, 9.17) is 0 Å². The van der Waals surface area contributed by atoms with Crippen molar-refractivity contribution >= 4 is 0 Å². The van der Waals surface area contributed by atoms with Crippen LogP contribution in [-0.4, -0.2) is 0 Å². The van der Waals surface area contributed by atoms with Crippen molar-refractivity contribution in [2.75, 3.05) is 0 Å².